The first kappa shape index (κ1) is 18.9. The van der Waals surface area contributed by atoms with E-state index in [0.29, 0.717) is 24.7 Å². The lowest BCUT2D eigenvalue weighted by Gasteiger charge is -2.14. The van der Waals surface area contributed by atoms with Crippen LogP contribution in [0.2, 0.25) is 0 Å². The van der Waals surface area contributed by atoms with Crippen molar-refractivity contribution in [1.82, 2.24) is 24.2 Å². The number of nitrogens with one attached hydrogen (secondary N) is 2. The molecule has 2 heterocycles. The van der Waals surface area contributed by atoms with Crippen LogP contribution in [-0.4, -0.2) is 66.1 Å². The average Bonchev–Trinajstić information content (AvgIpc) is 3.04. The summed E-state index contributed by atoms with van der Waals surface area (Å²) in [5.74, 6) is 1.67. The number of aryl methyl sites for hydroxylation is 1. The molecule has 10 heteroatoms. The van der Waals surface area contributed by atoms with Crippen LogP contribution in [0.1, 0.15) is 5.82 Å². The topological polar surface area (TPSA) is 109 Å². The van der Waals surface area contributed by atoms with Crippen molar-refractivity contribution in [2.75, 3.05) is 38.3 Å². The van der Waals surface area contributed by atoms with E-state index in [9.17, 15) is 13.2 Å². The van der Waals surface area contributed by atoms with E-state index in [1.54, 1.807) is 6.92 Å². The van der Waals surface area contributed by atoms with Crippen molar-refractivity contribution in [3.63, 3.8) is 0 Å². The molecule has 2 aromatic rings. The fourth-order valence-corrected chi connectivity index (χ4v) is 2.38. The van der Waals surface area contributed by atoms with Gasteiger partial charge in [0.15, 0.2) is 0 Å². The largest absolute Gasteiger partial charge is 0.368 e. The van der Waals surface area contributed by atoms with Gasteiger partial charge in [0.1, 0.15) is 17.5 Å². The van der Waals surface area contributed by atoms with Crippen molar-refractivity contribution in [2.24, 2.45) is 0 Å². The molecule has 25 heavy (non-hydrogen) atoms. The zero-order valence-corrected chi connectivity index (χ0v) is 15.2. The second-order valence-electron chi connectivity index (χ2n) is 5.54. The lowest BCUT2D eigenvalue weighted by molar-refractivity contribution is -0.121. The van der Waals surface area contributed by atoms with E-state index < -0.39 is 10.0 Å². The number of anilines is 1. The van der Waals surface area contributed by atoms with Crippen molar-refractivity contribution >= 4 is 21.7 Å². The standard InChI is InChI=1S/C15H22N6O3S/c1-12-18-13(10-14(19-12)21-8-4-5-9-21)16-6-7-17-15(22)11-20(2)25(3,23)24/h4-5,8-10H,6-7,11H2,1-3H3,(H,17,22)(H,16,18,19). The molecule has 0 aliphatic heterocycles. The van der Waals surface area contributed by atoms with Gasteiger partial charge in [0.25, 0.3) is 0 Å². The fraction of sp³-hybridized carbons (Fsp3) is 0.400. The Bertz CT molecular complexity index is 820. The highest BCUT2D eigenvalue weighted by Crippen LogP contribution is 2.10. The van der Waals surface area contributed by atoms with Crippen molar-refractivity contribution in [2.45, 2.75) is 6.92 Å². The SMILES string of the molecule is Cc1nc(NCCNC(=O)CN(C)S(C)(=O)=O)cc(-n2cccc2)n1. The van der Waals surface area contributed by atoms with Gasteiger partial charge in [-0.2, -0.15) is 4.31 Å². The Kier molecular flexibility index (Phi) is 6.10. The summed E-state index contributed by atoms with van der Waals surface area (Å²) in [5.41, 5.74) is 0. The van der Waals surface area contributed by atoms with E-state index in [-0.39, 0.29) is 12.5 Å². The molecular weight excluding hydrogens is 344 g/mol. The van der Waals surface area contributed by atoms with Gasteiger partial charge in [0.2, 0.25) is 15.9 Å². The highest BCUT2D eigenvalue weighted by Gasteiger charge is 2.14. The molecule has 2 N–H and O–H groups in total. The highest BCUT2D eigenvalue weighted by atomic mass is 32.2. The molecule has 0 aromatic carbocycles. The summed E-state index contributed by atoms with van der Waals surface area (Å²) in [6.07, 6.45) is 4.84. The van der Waals surface area contributed by atoms with Crippen molar-refractivity contribution in [1.29, 1.82) is 0 Å². The normalized spacial score (nSPS) is 11.5. The summed E-state index contributed by atoms with van der Waals surface area (Å²) in [5, 5.41) is 5.77. The third-order valence-corrected chi connectivity index (χ3v) is 4.64. The average molecular weight is 366 g/mol. The van der Waals surface area contributed by atoms with Crippen LogP contribution in [0.25, 0.3) is 5.82 Å². The number of likely N-dealkylation sites (N-methyl/N-ethyl adjacent to an activating group) is 1. The fourth-order valence-electron chi connectivity index (χ4n) is 2.03. The Labute approximate surface area is 147 Å². The van der Waals surface area contributed by atoms with Crippen LogP contribution in [0, 0.1) is 6.92 Å². The van der Waals surface area contributed by atoms with Crippen LogP contribution < -0.4 is 10.6 Å². The predicted molar refractivity (Wildman–Crippen MR) is 95.1 cm³/mol. The molecule has 0 aliphatic carbocycles. The van der Waals surface area contributed by atoms with Gasteiger partial charge in [-0.15, -0.1) is 0 Å². The summed E-state index contributed by atoms with van der Waals surface area (Å²) in [4.78, 5) is 20.4. The van der Waals surface area contributed by atoms with Crippen LogP contribution in [-0.2, 0) is 14.8 Å². The molecule has 0 bridgehead atoms. The minimum absolute atomic E-state index is 0.205. The monoisotopic (exact) mass is 366 g/mol. The minimum Gasteiger partial charge on any atom is -0.368 e. The van der Waals surface area contributed by atoms with Crippen molar-refractivity contribution in [3.8, 4) is 5.82 Å². The molecule has 0 aliphatic rings. The predicted octanol–water partition coefficient (Wildman–Crippen LogP) is -0.00478. The van der Waals surface area contributed by atoms with Gasteiger partial charge in [0.05, 0.1) is 12.8 Å². The third kappa shape index (κ3) is 5.84. The molecule has 136 valence electrons. The lowest BCUT2D eigenvalue weighted by atomic mass is 10.4. The maximum atomic E-state index is 11.7. The molecule has 0 radical (unpaired) electrons. The van der Waals surface area contributed by atoms with E-state index in [2.05, 4.69) is 20.6 Å². The molecule has 0 saturated carbocycles. The third-order valence-electron chi connectivity index (χ3n) is 3.38. The van der Waals surface area contributed by atoms with Crippen molar-refractivity contribution in [3.05, 3.63) is 36.4 Å². The lowest BCUT2D eigenvalue weighted by Crippen LogP contribution is -2.39. The van der Waals surface area contributed by atoms with Gasteiger partial charge >= 0.3 is 0 Å². The number of carbonyl (C=O) groups is 1. The van der Waals surface area contributed by atoms with Gasteiger partial charge in [-0.05, 0) is 19.1 Å². The number of amides is 1. The van der Waals surface area contributed by atoms with E-state index in [0.717, 1.165) is 16.4 Å². The Balaban J connectivity index is 1.83. The molecule has 9 nitrogen and oxygen atoms in total. The number of sulfonamides is 1. The minimum atomic E-state index is -3.36. The van der Waals surface area contributed by atoms with Crippen LogP contribution in [0.3, 0.4) is 0 Å². The first-order valence-corrected chi connectivity index (χ1v) is 9.51. The Morgan fingerprint density at radius 3 is 2.56 bits per heavy atom. The number of hydrogen-bond donors (Lipinski definition) is 2. The van der Waals surface area contributed by atoms with E-state index in [4.69, 9.17) is 0 Å². The summed E-state index contributed by atoms with van der Waals surface area (Å²) < 4.78 is 25.4. The molecule has 0 unspecified atom stereocenters. The highest BCUT2D eigenvalue weighted by molar-refractivity contribution is 7.88. The van der Waals surface area contributed by atoms with Crippen LogP contribution >= 0.6 is 0 Å². The number of nitrogens with zero attached hydrogens (tertiary/aromatic N) is 4. The number of carbonyl (C=O) groups excluding carboxylic acids is 1. The molecule has 0 spiro atoms. The second kappa shape index (κ2) is 8.08. The van der Waals surface area contributed by atoms with E-state index in [1.165, 1.54) is 7.05 Å². The van der Waals surface area contributed by atoms with Gasteiger partial charge < -0.3 is 15.2 Å². The molecule has 0 fully saturated rings. The van der Waals surface area contributed by atoms with E-state index in [1.807, 2.05) is 35.2 Å². The zero-order chi connectivity index (χ0) is 18.4. The Morgan fingerprint density at radius 2 is 1.92 bits per heavy atom. The summed E-state index contributed by atoms with van der Waals surface area (Å²) >= 11 is 0. The first-order valence-electron chi connectivity index (χ1n) is 7.66. The number of aromatic nitrogens is 3. The molecule has 0 atom stereocenters. The van der Waals surface area contributed by atoms with Crippen LogP contribution in [0.4, 0.5) is 5.82 Å². The van der Waals surface area contributed by atoms with Crippen molar-refractivity contribution < 1.29 is 13.2 Å². The van der Waals surface area contributed by atoms with Gasteiger partial charge in [0, 0.05) is 38.6 Å². The summed E-state index contributed by atoms with van der Waals surface area (Å²) in [6, 6.07) is 5.63. The number of rotatable bonds is 8. The van der Waals surface area contributed by atoms with Crippen LogP contribution in [0.15, 0.2) is 30.6 Å². The zero-order valence-electron chi connectivity index (χ0n) is 14.4. The van der Waals surface area contributed by atoms with Gasteiger partial charge in [-0.25, -0.2) is 18.4 Å². The molecular formula is C15H22N6O3S. The van der Waals surface area contributed by atoms with Crippen LogP contribution in [0.5, 0.6) is 0 Å². The maximum absolute atomic E-state index is 11.7. The Morgan fingerprint density at radius 1 is 1.24 bits per heavy atom. The quantitative estimate of drug-likeness (QED) is 0.636. The Hall–Kier alpha value is -2.46. The molecule has 2 aromatic heterocycles. The smallest absolute Gasteiger partial charge is 0.235 e. The first-order chi connectivity index (χ1) is 11.8. The van der Waals surface area contributed by atoms with Gasteiger partial charge in [-0.3, -0.25) is 4.79 Å². The van der Waals surface area contributed by atoms with E-state index >= 15 is 0 Å². The summed E-state index contributed by atoms with van der Waals surface area (Å²) in [6.45, 7) is 2.40. The molecule has 0 saturated heterocycles. The number of hydrogen-bond acceptors (Lipinski definition) is 6. The maximum Gasteiger partial charge on any atom is 0.235 e. The second-order valence-corrected chi connectivity index (χ2v) is 7.63. The molecule has 2 rings (SSSR count). The summed E-state index contributed by atoms with van der Waals surface area (Å²) in [7, 11) is -2.00. The van der Waals surface area contributed by atoms with Gasteiger partial charge in [-0.1, -0.05) is 0 Å². The molecule has 1 amide bonds.